The van der Waals surface area contributed by atoms with Crippen molar-refractivity contribution in [1.82, 2.24) is 9.71 Å². The molecule has 0 aliphatic heterocycles. The maximum absolute atomic E-state index is 12.6. The van der Waals surface area contributed by atoms with Crippen LogP contribution in [-0.2, 0) is 16.4 Å². The number of thiazole rings is 1. The van der Waals surface area contributed by atoms with Gasteiger partial charge in [-0.1, -0.05) is 23.8 Å². The molecule has 8 heteroatoms. The molecule has 3 aromatic rings. The van der Waals surface area contributed by atoms with Crippen molar-refractivity contribution in [3.63, 3.8) is 0 Å². The molecule has 0 unspecified atom stereocenters. The Morgan fingerprint density at radius 3 is 2.48 bits per heavy atom. The highest BCUT2D eigenvalue weighted by Crippen LogP contribution is 2.30. The Hall–Kier alpha value is -2.42. The zero-order valence-corrected chi connectivity index (χ0v) is 18.5. The molecule has 1 aromatic heterocycles. The van der Waals surface area contributed by atoms with Crippen LogP contribution in [0.15, 0.2) is 47.4 Å². The highest BCUT2D eigenvalue weighted by atomic mass is 32.2. The van der Waals surface area contributed by atoms with Gasteiger partial charge in [0.2, 0.25) is 10.0 Å². The molecule has 0 saturated heterocycles. The van der Waals surface area contributed by atoms with Crippen LogP contribution in [0.3, 0.4) is 0 Å². The zero-order chi connectivity index (χ0) is 21.0. The van der Waals surface area contributed by atoms with E-state index in [-0.39, 0.29) is 11.4 Å². The van der Waals surface area contributed by atoms with Crippen LogP contribution in [0.1, 0.15) is 16.1 Å². The van der Waals surface area contributed by atoms with Gasteiger partial charge in [-0.25, -0.2) is 18.1 Å². The number of aryl methyl sites for hydroxylation is 2. The first-order valence-electron chi connectivity index (χ1n) is 9.09. The third-order valence-corrected chi connectivity index (χ3v) is 7.19. The second-order valence-corrected chi connectivity index (χ2v) is 9.41. The third kappa shape index (κ3) is 4.95. The van der Waals surface area contributed by atoms with Crippen LogP contribution in [0.2, 0.25) is 0 Å². The molecule has 0 amide bonds. The standard InChI is InChI=1S/C21H24N2O4S2/c1-14-6-5-7-16(12-14)21-23-15(2)20(28-21)10-11-22-29(24,25)17-8-9-18(26-3)19(13-17)27-4/h5-9,12-13,22H,10-11H2,1-4H3. The summed E-state index contributed by atoms with van der Waals surface area (Å²) in [6.45, 7) is 4.29. The van der Waals surface area contributed by atoms with Crippen LogP contribution >= 0.6 is 11.3 Å². The second kappa shape index (κ2) is 8.94. The lowest BCUT2D eigenvalue weighted by Gasteiger charge is -2.11. The van der Waals surface area contributed by atoms with Crippen molar-refractivity contribution in [3.05, 3.63) is 58.6 Å². The predicted molar refractivity (Wildman–Crippen MR) is 115 cm³/mol. The van der Waals surface area contributed by atoms with Gasteiger partial charge in [0.25, 0.3) is 0 Å². The molecule has 0 aliphatic carbocycles. The molecule has 0 radical (unpaired) electrons. The van der Waals surface area contributed by atoms with Crippen LogP contribution < -0.4 is 14.2 Å². The highest BCUT2D eigenvalue weighted by Gasteiger charge is 2.17. The van der Waals surface area contributed by atoms with E-state index in [9.17, 15) is 8.42 Å². The summed E-state index contributed by atoms with van der Waals surface area (Å²) in [7, 11) is -0.674. The Kier molecular flexibility index (Phi) is 6.56. The fourth-order valence-electron chi connectivity index (χ4n) is 2.93. The van der Waals surface area contributed by atoms with E-state index in [0.717, 1.165) is 21.1 Å². The van der Waals surface area contributed by atoms with Gasteiger partial charge in [0.1, 0.15) is 5.01 Å². The number of rotatable bonds is 8. The van der Waals surface area contributed by atoms with Crippen molar-refractivity contribution in [1.29, 1.82) is 0 Å². The molecule has 154 valence electrons. The summed E-state index contributed by atoms with van der Waals surface area (Å²) < 4.78 is 38.2. The number of aromatic nitrogens is 1. The smallest absolute Gasteiger partial charge is 0.240 e. The maximum Gasteiger partial charge on any atom is 0.240 e. The van der Waals surface area contributed by atoms with E-state index in [1.54, 1.807) is 17.4 Å². The SMILES string of the molecule is COc1ccc(S(=O)(=O)NCCc2sc(-c3cccc(C)c3)nc2C)cc1OC. The summed E-state index contributed by atoms with van der Waals surface area (Å²) in [5.74, 6) is 0.854. The molecule has 0 aliphatic rings. The van der Waals surface area contributed by atoms with Crippen LogP contribution in [0.5, 0.6) is 11.5 Å². The molecule has 1 heterocycles. The summed E-state index contributed by atoms with van der Waals surface area (Å²) in [6.07, 6.45) is 0.571. The quantitative estimate of drug-likeness (QED) is 0.583. The van der Waals surface area contributed by atoms with E-state index in [1.807, 2.05) is 32.0 Å². The van der Waals surface area contributed by atoms with E-state index in [4.69, 9.17) is 9.47 Å². The lowest BCUT2D eigenvalue weighted by atomic mass is 10.1. The Labute approximate surface area is 175 Å². The number of methoxy groups -OCH3 is 2. The number of hydrogen-bond donors (Lipinski definition) is 1. The van der Waals surface area contributed by atoms with Crippen molar-refractivity contribution < 1.29 is 17.9 Å². The molecule has 29 heavy (non-hydrogen) atoms. The van der Waals surface area contributed by atoms with E-state index < -0.39 is 10.0 Å². The minimum atomic E-state index is -3.65. The number of benzene rings is 2. The van der Waals surface area contributed by atoms with E-state index in [0.29, 0.717) is 17.9 Å². The summed E-state index contributed by atoms with van der Waals surface area (Å²) >= 11 is 1.60. The average Bonchev–Trinajstić information content (AvgIpc) is 3.08. The van der Waals surface area contributed by atoms with Crippen LogP contribution in [0, 0.1) is 13.8 Å². The fraction of sp³-hybridized carbons (Fsp3) is 0.286. The summed E-state index contributed by atoms with van der Waals surface area (Å²) in [4.78, 5) is 5.85. The summed E-state index contributed by atoms with van der Waals surface area (Å²) in [5.41, 5.74) is 3.19. The lowest BCUT2D eigenvalue weighted by molar-refractivity contribution is 0.354. The number of sulfonamides is 1. The molecule has 2 aromatic carbocycles. The van der Waals surface area contributed by atoms with Crippen LogP contribution in [-0.4, -0.2) is 34.2 Å². The van der Waals surface area contributed by atoms with Gasteiger partial charge in [0.05, 0.1) is 24.8 Å². The first-order valence-corrected chi connectivity index (χ1v) is 11.4. The Bertz CT molecular complexity index is 1110. The second-order valence-electron chi connectivity index (χ2n) is 6.56. The topological polar surface area (TPSA) is 77.5 Å². The highest BCUT2D eigenvalue weighted by molar-refractivity contribution is 7.89. The molecule has 0 fully saturated rings. The van der Waals surface area contributed by atoms with Gasteiger partial charge in [0.15, 0.2) is 11.5 Å². The first kappa shape index (κ1) is 21.3. The fourth-order valence-corrected chi connectivity index (χ4v) is 5.03. The van der Waals surface area contributed by atoms with Crippen molar-refractivity contribution in [2.24, 2.45) is 0 Å². The zero-order valence-electron chi connectivity index (χ0n) is 16.9. The van der Waals surface area contributed by atoms with Crippen molar-refractivity contribution in [2.75, 3.05) is 20.8 Å². The minimum Gasteiger partial charge on any atom is -0.493 e. The summed E-state index contributed by atoms with van der Waals surface area (Å²) in [5, 5.41) is 0.948. The Morgan fingerprint density at radius 1 is 1.03 bits per heavy atom. The van der Waals surface area contributed by atoms with E-state index in [2.05, 4.69) is 15.8 Å². The molecule has 0 atom stereocenters. The van der Waals surface area contributed by atoms with E-state index >= 15 is 0 Å². The molecule has 0 bridgehead atoms. The van der Waals surface area contributed by atoms with Gasteiger partial charge >= 0.3 is 0 Å². The van der Waals surface area contributed by atoms with Crippen LogP contribution in [0.25, 0.3) is 10.6 Å². The van der Waals surface area contributed by atoms with Gasteiger partial charge < -0.3 is 9.47 Å². The first-order chi connectivity index (χ1) is 13.8. The monoisotopic (exact) mass is 432 g/mol. The number of nitrogens with one attached hydrogen (secondary N) is 1. The molecule has 3 rings (SSSR count). The molecule has 6 nitrogen and oxygen atoms in total. The van der Waals surface area contributed by atoms with Crippen LogP contribution in [0.4, 0.5) is 0 Å². The molecule has 1 N–H and O–H groups in total. The van der Waals surface area contributed by atoms with Crippen molar-refractivity contribution in [3.8, 4) is 22.1 Å². The van der Waals surface area contributed by atoms with Crippen molar-refractivity contribution in [2.45, 2.75) is 25.2 Å². The minimum absolute atomic E-state index is 0.136. The van der Waals surface area contributed by atoms with Gasteiger partial charge in [-0.3, -0.25) is 0 Å². The average molecular weight is 433 g/mol. The summed E-state index contributed by atoms with van der Waals surface area (Å²) in [6, 6.07) is 12.7. The molecule has 0 spiro atoms. The van der Waals surface area contributed by atoms with Crippen molar-refractivity contribution >= 4 is 21.4 Å². The van der Waals surface area contributed by atoms with E-state index in [1.165, 1.54) is 31.9 Å². The molecular formula is C21H24N2O4S2. The normalized spacial score (nSPS) is 11.4. The Morgan fingerprint density at radius 2 is 1.79 bits per heavy atom. The van der Waals surface area contributed by atoms with Gasteiger partial charge in [-0.15, -0.1) is 11.3 Å². The largest absolute Gasteiger partial charge is 0.493 e. The third-order valence-electron chi connectivity index (χ3n) is 4.47. The predicted octanol–water partition coefficient (Wildman–Crippen LogP) is 3.97. The molecular weight excluding hydrogens is 408 g/mol. The van der Waals surface area contributed by atoms with Gasteiger partial charge in [0, 0.05) is 23.1 Å². The van der Waals surface area contributed by atoms with Gasteiger partial charge in [-0.2, -0.15) is 0 Å². The van der Waals surface area contributed by atoms with Gasteiger partial charge in [-0.05, 0) is 38.5 Å². The Balaban J connectivity index is 1.69. The molecule has 0 saturated carbocycles. The lowest BCUT2D eigenvalue weighted by Crippen LogP contribution is -2.26. The number of ether oxygens (including phenoxy) is 2. The maximum atomic E-state index is 12.6. The number of nitrogens with zero attached hydrogens (tertiary/aromatic N) is 1. The number of hydrogen-bond acceptors (Lipinski definition) is 6.